The van der Waals surface area contributed by atoms with Crippen LogP contribution in [-0.4, -0.2) is 137 Å². The molecule has 2 aromatic carbocycles. The summed E-state index contributed by atoms with van der Waals surface area (Å²) in [5.74, 6) is -0.110. The van der Waals surface area contributed by atoms with Crippen LogP contribution in [0.3, 0.4) is 0 Å². The molecule has 0 heterocycles. The van der Waals surface area contributed by atoms with Gasteiger partial charge in [-0.2, -0.15) is 13.2 Å². The van der Waals surface area contributed by atoms with Crippen LogP contribution in [0.1, 0.15) is 298 Å². The molecule has 0 unspecified atom stereocenters. The van der Waals surface area contributed by atoms with Crippen molar-refractivity contribution >= 4 is 116 Å². The summed E-state index contributed by atoms with van der Waals surface area (Å²) < 4.78 is 39.8. The molecule has 3 N–H and O–H groups in total. The first-order valence-electron chi connectivity index (χ1n) is 49.2. The van der Waals surface area contributed by atoms with Crippen LogP contribution in [0.4, 0.5) is 13.2 Å². The lowest BCUT2D eigenvalue weighted by molar-refractivity contribution is -0.140. The summed E-state index contributed by atoms with van der Waals surface area (Å²) in [5.41, 5.74) is 8.05. The Labute approximate surface area is 877 Å². The molecule has 0 atom stereocenters. The average molecular weight is 2050 g/mol. The Hall–Kier alpha value is -11.4. The molecule has 0 aliphatic heterocycles. The van der Waals surface area contributed by atoms with E-state index in [9.17, 15) is 94.7 Å². The number of allylic oxidation sites excluding steroid dienone is 10. The molecule has 2 amide bonds. The normalized spacial score (nSPS) is 10.5. The first-order valence-corrected chi connectivity index (χ1v) is 49.6. The zero-order valence-corrected chi connectivity index (χ0v) is 96.2. The summed E-state index contributed by atoms with van der Waals surface area (Å²) in [5, 5.41) is 13.5. The van der Waals surface area contributed by atoms with Crippen LogP contribution < -0.4 is 10.6 Å². The zero-order chi connectivity index (χ0) is 117. The number of carbonyl (C=O) groups is 17. The van der Waals surface area contributed by atoms with E-state index in [4.69, 9.17) is 16.7 Å². The minimum Gasteiger partial charge on any atom is -0.461 e. The Kier molecular flexibility index (Phi) is 93.7. The van der Waals surface area contributed by atoms with E-state index >= 15 is 0 Å². The predicted octanol–water partition coefficient (Wildman–Crippen LogP) is 26.8. The molecule has 1 fully saturated rings. The lowest BCUT2D eigenvalue weighted by Crippen LogP contribution is -2.26. The standard InChI is InChI=1S/C13H16O.C12H14O.2C9H15NO2.C9H14O3.C9H14O.4C8H14O.C7H9F3O.C7H12O2.C7H12O.C6H9ClO/c1-10(2)13(14)11(3)9-12-7-5-4-6-8-12;1-9(2)12(13)10(3)11-7-5-4-6-8-11;1-6(2)9(12)7(3)5-8(11)10-4;1-6(2)9(12)7(3)5-10-8(4)11;1-6(2)9(11)7(3)5-12-8(4)10;1-6(2)9(10)7(3)8-4-5-8;4*1-5-7(4)8(9)6(2)3;1-4(2)6(11)5(3)7(8,9)10;1-5(2)7(9)6(3)4-8;1-5(2)7(8)6(3)4;1-4(2)6(8)5(3)7/h4-8,10H,3,9H2,1-2H3;4-9H,3H2,1-2H3;2*6H,3,5H2,1-2,4H3,(H,10,11);6H,3,5H2,1-2,4H3;6,8H,3-5H2,1-2H3;4*6H,4-5H2,1-3H3;4H,3H2,1-2H3;5,8H,3-4H2,1-2H3;6H,1H2,2-4H3;4H,3H2,1-2H3. The second-order valence-electron chi connectivity index (χ2n) is 38.3. The summed E-state index contributed by atoms with van der Waals surface area (Å²) in [6, 6.07) is 19.5. The van der Waals surface area contributed by atoms with E-state index in [1.165, 1.54) is 47.6 Å². The molecule has 3 rings (SSSR count). The summed E-state index contributed by atoms with van der Waals surface area (Å²) in [4.78, 5) is 186. The van der Waals surface area contributed by atoms with Crippen LogP contribution in [0.5, 0.6) is 0 Å². The largest absolute Gasteiger partial charge is 0.461 e. The molecule has 145 heavy (non-hydrogen) atoms. The van der Waals surface area contributed by atoms with Crippen molar-refractivity contribution in [3.63, 3.8) is 0 Å². The van der Waals surface area contributed by atoms with Gasteiger partial charge in [-0.1, -0.05) is 386 Å². The quantitative estimate of drug-likeness (QED) is 0.0410. The third kappa shape index (κ3) is 84.5. The second kappa shape index (κ2) is 86.9. The van der Waals surface area contributed by atoms with Crippen molar-refractivity contribution in [3.8, 4) is 0 Å². The molecule has 0 spiro atoms. The predicted molar refractivity (Wildman–Crippen MR) is 595 cm³/mol. The monoisotopic (exact) mass is 2050 g/mol. The minimum atomic E-state index is -4.58. The molecule has 818 valence electrons. The average Bonchev–Trinajstić information content (AvgIpc) is 1.83. The van der Waals surface area contributed by atoms with Gasteiger partial charge in [0.15, 0.2) is 81.0 Å². The van der Waals surface area contributed by atoms with Gasteiger partial charge in [0.05, 0.1) is 23.6 Å². The van der Waals surface area contributed by atoms with Crippen LogP contribution in [0.25, 0.3) is 5.57 Å². The molecule has 0 saturated heterocycles. The Morgan fingerprint density at radius 3 is 0.834 bits per heavy atom. The number of ketones is 14. The minimum absolute atomic E-state index is 0.00347. The van der Waals surface area contributed by atoms with Gasteiger partial charge in [0.25, 0.3) is 0 Å². The van der Waals surface area contributed by atoms with Crippen LogP contribution in [-0.2, 0) is 92.7 Å². The lowest BCUT2D eigenvalue weighted by atomic mass is 9.96. The lowest BCUT2D eigenvalue weighted by Gasteiger charge is -2.10. The number of hydrogen-bond donors (Lipinski definition) is 3. The number of Topliss-reactive ketones (excluding diaryl/α,β-unsaturated/α-hetero) is 14. The highest BCUT2D eigenvalue weighted by atomic mass is 35.5. The fraction of sp³-hybridized carbons (Fsp3) is 0.525. The number of aliphatic hydroxyl groups is 1. The molecule has 1 saturated carbocycles. The van der Waals surface area contributed by atoms with Gasteiger partial charge in [-0.15, -0.1) is 0 Å². The Morgan fingerprint density at radius 2 is 0.628 bits per heavy atom. The number of ether oxygens (including phenoxy) is 1. The smallest absolute Gasteiger partial charge is 0.419 e. The van der Waals surface area contributed by atoms with Crippen molar-refractivity contribution in [1.29, 1.82) is 0 Å². The van der Waals surface area contributed by atoms with Gasteiger partial charge < -0.3 is 20.5 Å². The van der Waals surface area contributed by atoms with Gasteiger partial charge in [-0.3, -0.25) is 81.5 Å². The first kappa shape index (κ1) is 156. The Balaban J connectivity index is -0.000000149. The summed E-state index contributed by atoms with van der Waals surface area (Å²) in [6.07, 6.45) is 1.64. The fourth-order valence-electron chi connectivity index (χ4n) is 9.75. The maximum atomic E-state index is 11.7. The summed E-state index contributed by atoms with van der Waals surface area (Å²) in [6.45, 7) is 113. The molecule has 0 radical (unpaired) electrons. The third-order valence-corrected chi connectivity index (χ3v) is 19.6. The van der Waals surface area contributed by atoms with Crippen LogP contribution in [0.15, 0.2) is 225 Å². The van der Waals surface area contributed by atoms with E-state index in [2.05, 4.69) is 107 Å². The highest BCUT2D eigenvalue weighted by molar-refractivity contribution is 6.42. The van der Waals surface area contributed by atoms with Crippen molar-refractivity contribution in [1.82, 2.24) is 10.6 Å². The van der Waals surface area contributed by atoms with Crippen LogP contribution in [0.2, 0.25) is 0 Å². The molecule has 1 aliphatic carbocycles. The maximum Gasteiger partial charge on any atom is 0.419 e. The van der Waals surface area contributed by atoms with Crippen molar-refractivity contribution in [2.75, 3.05) is 26.8 Å². The van der Waals surface area contributed by atoms with E-state index in [0.717, 1.165) is 64.7 Å². The van der Waals surface area contributed by atoms with Crippen molar-refractivity contribution < 1.29 is 105 Å². The molecule has 1 aliphatic rings. The number of rotatable bonds is 43. The second-order valence-corrected chi connectivity index (χ2v) is 38.7. The number of carbonyl (C=O) groups excluding carboxylic acids is 17. The highest BCUT2D eigenvalue weighted by Crippen LogP contribution is 2.37. The van der Waals surface area contributed by atoms with Crippen molar-refractivity contribution in [3.05, 3.63) is 236 Å². The number of aliphatic hydroxyl groups excluding tert-OH is 1. The number of amides is 2. The van der Waals surface area contributed by atoms with Gasteiger partial charge >= 0.3 is 12.1 Å². The van der Waals surface area contributed by atoms with Crippen molar-refractivity contribution in [2.45, 2.75) is 300 Å². The van der Waals surface area contributed by atoms with Crippen LogP contribution in [0, 0.1) is 88.8 Å². The van der Waals surface area contributed by atoms with E-state index < -0.39 is 29.4 Å². The molecule has 0 aromatic heterocycles. The van der Waals surface area contributed by atoms with Crippen LogP contribution >= 0.6 is 11.6 Å². The number of benzene rings is 2. The van der Waals surface area contributed by atoms with Gasteiger partial charge in [-0.25, -0.2) is 0 Å². The number of nitrogens with one attached hydrogen (secondary N) is 2. The number of alkyl halides is 3. The molecule has 0 bridgehead atoms. The molecule has 25 heteroatoms. The topological polar surface area (TPSA) is 344 Å². The van der Waals surface area contributed by atoms with E-state index in [1.54, 1.807) is 76.2 Å². The number of hydrogen-bond acceptors (Lipinski definition) is 19. The number of esters is 1. The number of halogens is 4. The van der Waals surface area contributed by atoms with Gasteiger partial charge in [0.1, 0.15) is 6.61 Å². The Bertz CT molecular complexity index is 4340. The molecular weight excluding hydrogens is 1870 g/mol. The molecule has 21 nitrogen and oxygen atoms in total. The third-order valence-electron chi connectivity index (χ3n) is 19.4. The highest BCUT2D eigenvalue weighted by Gasteiger charge is 2.37. The van der Waals surface area contributed by atoms with Gasteiger partial charge in [-0.05, 0) is 107 Å². The van der Waals surface area contributed by atoms with Gasteiger partial charge in [0.2, 0.25) is 11.8 Å². The SMILES string of the molecule is C=C(C(=O)C(C)C)C(F)(F)F.C=C(C(=O)C(C)C)C1CC1.C=C(C(=O)C(C)C)c1ccccc1.C=C(C)C(=O)C(C)C.C=C(CC(=O)NC)C(=O)C(C)C.C=C(CC)C(=O)C(C)C.C=C(CC)C(=O)C(C)C.C=C(CC)C(=O)C(C)C.C=C(CC)C(=O)C(C)C.C=C(CNC(C)=O)C(=O)C(C)C.C=C(CO)C(=O)C(C)C.C=C(COC(C)=O)C(=O)C(C)C.C=C(Cc1ccccc1)C(=O)C(C)C.C=C(Cl)C(=O)C(C)C. The molecule has 2 aromatic rings. The van der Waals surface area contributed by atoms with Gasteiger partial charge in [0, 0.05) is 139 Å². The fourth-order valence-corrected chi connectivity index (χ4v) is 9.97. The summed E-state index contributed by atoms with van der Waals surface area (Å²) in [7, 11) is 1.54. The van der Waals surface area contributed by atoms with Crippen molar-refractivity contribution in [2.24, 2.45) is 88.8 Å². The maximum absolute atomic E-state index is 11.7. The first-order chi connectivity index (χ1) is 66.1. The molecular formula is C120H186ClF3N2O19. The van der Waals surface area contributed by atoms with E-state index in [1.807, 2.05) is 199 Å². The summed E-state index contributed by atoms with van der Waals surface area (Å²) >= 11 is 5.28. The van der Waals surface area contributed by atoms with E-state index in [0.29, 0.717) is 51.4 Å². The Morgan fingerprint density at radius 1 is 0.359 bits per heavy atom. The van der Waals surface area contributed by atoms with E-state index in [-0.39, 0.29) is 195 Å². The zero-order valence-electron chi connectivity index (χ0n) is 95.4.